The van der Waals surface area contributed by atoms with Crippen LogP contribution in [0.2, 0.25) is 0 Å². The molecule has 3 aromatic rings. The number of nitrogens with zero attached hydrogens (tertiary/aromatic N) is 3. The highest BCUT2D eigenvalue weighted by atomic mass is 79.9. The molecule has 1 saturated carbocycles. The van der Waals surface area contributed by atoms with Gasteiger partial charge in [-0.2, -0.15) is 5.10 Å². The topological polar surface area (TPSA) is 87.5 Å². The first-order chi connectivity index (χ1) is 15.5. The van der Waals surface area contributed by atoms with Gasteiger partial charge >= 0.3 is 5.97 Å². The molecule has 0 radical (unpaired) electrons. The van der Waals surface area contributed by atoms with Crippen molar-refractivity contribution in [1.29, 1.82) is 0 Å². The summed E-state index contributed by atoms with van der Waals surface area (Å²) in [5.74, 6) is 2.12. The monoisotopic (exact) mass is 502 g/mol. The summed E-state index contributed by atoms with van der Waals surface area (Å²) in [4.78, 5) is 16.4. The molecule has 0 unspecified atom stereocenters. The van der Waals surface area contributed by atoms with Crippen LogP contribution in [0.3, 0.4) is 0 Å². The molecule has 0 spiro atoms. The number of hydrogen-bond donors (Lipinski definition) is 1. The van der Waals surface area contributed by atoms with Gasteiger partial charge in [-0.3, -0.25) is 9.48 Å². The Morgan fingerprint density at radius 2 is 1.94 bits per heavy atom. The highest BCUT2D eigenvalue weighted by Crippen LogP contribution is 2.37. The highest BCUT2D eigenvalue weighted by Gasteiger charge is 2.29. The van der Waals surface area contributed by atoms with E-state index in [4.69, 9.17) is 19.3 Å². The van der Waals surface area contributed by atoms with E-state index in [0.29, 0.717) is 6.54 Å². The third-order valence-corrected chi connectivity index (χ3v) is 6.65. The Bertz CT molecular complexity index is 1110. The molecule has 8 nitrogen and oxygen atoms in total. The number of fused-ring (bicyclic) bond motifs is 1. The van der Waals surface area contributed by atoms with Crippen molar-refractivity contribution in [1.82, 2.24) is 14.8 Å². The van der Waals surface area contributed by atoms with Crippen LogP contribution in [-0.2, 0) is 16.1 Å². The lowest BCUT2D eigenvalue weighted by Crippen LogP contribution is -2.24. The van der Waals surface area contributed by atoms with Gasteiger partial charge in [0.05, 0.1) is 44.2 Å². The van der Waals surface area contributed by atoms with Crippen LogP contribution in [0.15, 0.2) is 35.1 Å². The lowest BCUT2D eigenvalue weighted by molar-refractivity contribution is -0.146. The lowest BCUT2D eigenvalue weighted by Gasteiger charge is -2.27. The Balaban J connectivity index is 1.55. The average Bonchev–Trinajstić information content (AvgIpc) is 3.19. The van der Waals surface area contributed by atoms with E-state index in [0.717, 1.165) is 64.1 Å². The smallest absolute Gasteiger partial charge is 0.308 e. The number of halogens is 1. The van der Waals surface area contributed by atoms with E-state index in [1.54, 1.807) is 20.4 Å². The maximum atomic E-state index is 11.9. The van der Waals surface area contributed by atoms with Crippen LogP contribution in [0.1, 0.15) is 37.3 Å². The zero-order chi connectivity index (χ0) is 22.7. The molecule has 1 aromatic carbocycles. The van der Waals surface area contributed by atoms with E-state index < -0.39 is 0 Å². The fourth-order valence-electron chi connectivity index (χ4n) is 4.36. The molecule has 32 heavy (non-hydrogen) atoms. The number of carbonyl (C=O) groups is 1. The van der Waals surface area contributed by atoms with Gasteiger partial charge in [-0.05, 0) is 59.8 Å². The lowest BCUT2D eigenvalue weighted by atomic mass is 9.86. The number of hydrogen-bond acceptors (Lipinski definition) is 7. The van der Waals surface area contributed by atoms with Crippen molar-refractivity contribution in [3.63, 3.8) is 0 Å². The normalized spacial score (nSPS) is 18.4. The summed E-state index contributed by atoms with van der Waals surface area (Å²) < 4.78 is 18.5. The zero-order valence-corrected chi connectivity index (χ0v) is 20.0. The summed E-state index contributed by atoms with van der Waals surface area (Å²) in [6.45, 7) is 0.543. The third kappa shape index (κ3) is 4.39. The number of anilines is 1. The van der Waals surface area contributed by atoms with Gasteiger partial charge in [0, 0.05) is 24.4 Å². The SMILES string of the molecule is COC(=O)C1CCC(n2nc(Br)c3c(NCc4ccc(OC)cc4OC)nccc32)CC1. The Kier molecular flexibility index (Phi) is 6.83. The van der Waals surface area contributed by atoms with E-state index in [1.165, 1.54) is 7.11 Å². The van der Waals surface area contributed by atoms with Crippen molar-refractivity contribution in [3.8, 4) is 11.5 Å². The van der Waals surface area contributed by atoms with Crippen molar-refractivity contribution in [2.24, 2.45) is 5.92 Å². The van der Waals surface area contributed by atoms with E-state index >= 15 is 0 Å². The molecule has 9 heteroatoms. The first-order valence-electron chi connectivity index (χ1n) is 10.6. The van der Waals surface area contributed by atoms with Crippen LogP contribution in [0.25, 0.3) is 10.9 Å². The number of aromatic nitrogens is 3. The molecule has 0 bridgehead atoms. The molecule has 170 valence electrons. The van der Waals surface area contributed by atoms with E-state index in [1.807, 2.05) is 24.3 Å². The van der Waals surface area contributed by atoms with Gasteiger partial charge in [-0.15, -0.1) is 0 Å². The number of benzene rings is 1. The molecule has 4 rings (SSSR count). The minimum atomic E-state index is -0.111. The second-order valence-electron chi connectivity index (χ2n) is 7.85. The molecule has 1 N–H and O–H groups in total. The van der Waals surface area contributed by atoms with Gasteiger partial charge in [0.2, 0.25) is 0 Å². The van der Waals surface area contributed by atoms with Gasteiger partial charge in [-0.25, -0.2) is 4.98 Å². The van der Waals surface area contributed by atoms with Crippen molar-refractivity contribution in [2.75, 3.05) is 26.6 Å². The standard InChI is InChI=1S/C23H27BrN4O4/c1-30-17-9-6-15(19(12-17)31-2)13-26-22-20-18(10-11-25-22)28(27-21(20)24)16-7-4-14(5-8-16)23(29)32-3/h6,9-12,14,16H,4-5,7-8,13H2,1-3H3,(H,25,26). The average molecular weight is 503 g/mol. The van der Waals surface area contributed by atoms with Crippen molar-refractivity contribution < 1.29 is 19.0 Å². The largest absolute Gasteiger partial charge is 0.497 e. The molecule has 0 aliphatic heterocycles. The van der Waals surface area contributed by atoms with E-state index in [2.05, 4.69) is 30.9 Å². The number of rotatable bonds is 7. The van der Waals surface area contributed by atoms with Crippen LogP contribution in [0.5, 0.6) is 11.5 Å². The Hall–Kier alpha value is -2.81. The van der Waals surface area contributed by atoms with Gasteiger partial charge < -0.3 is 19.5 Å². The third-order valence-electron chi connectivity index (χ3n) is 6.10. The molecule has 2 heterocycles. The second-order valence-corrected chi connectivity index (χ2v) is 8.60. The molecule has 2 aromatic heterocycles. The first-order valence-corrected chi connectivity index (χ1v) is 11.4. The minimum Gasteiger partial charge on any atom is -0.497 e. The minimum absolute atomic E-state index is 0.0140. The van der Waals surface area contributed by atoms with Crippen LogP contribution in [-0.4, -0.2) is 42.1 Å². The molecule has 1 aliphatic rings. The molecule has 1 fully saturated rings. The van der Waals surface area contributed by atoms with Gasteiger partial charge in [0.15, 0.2) is 0 Å². The van der Waals surface area contributed by atoms with Crippen LogP contribution in [0.4, 0.5) is 5.82 Å². The number of esters is 1. The maximum absolute atomic E-state index is 11.9. The van der Waals surface area contributed by atoms with Crippen molar-refractivity contribution in [2.45, 2.75) is 38.3 Å². The molecular weight excluding hydrogens is 476 g/mol. The summed E-state index contributed by atoms with van der Waals surface area (Å²) in [5, 5.41) is 9.14. The van der Waals surface area contributed by atoms with Gasteiger partial charge in [0.25, 0.3) is 0 Å². The summed E-state index contributed by atoms with van der Waals surface area (Å²) in [6.07, 6.45) is 5.18. The molecule has 0 atom stereocenters. The van der Waals surface area contributed by atoms with Gasteiger partial charge in [0.1, 0.15) is 21.9 Å². The maximum Gasteiger partial charge on any atom is 0.308 e. The molecule has 0 amide bonds. The zero-order valence-electron chi connectivity index (χ0n) is 18.4. The van der Waals surface area contributed by atoms with Crippen LogP contribution < -0.4 is 14.8 Å². The molecule has 1 aliphatic carbocycles. The molecule has 0 saturated heterocycles. The predicted octanol–water partition coefficient (Wildman–Crippen LogP) is 4.73. The van der Waals surface area contributed by atoms with Crippen LogP contribution in [0, 0.1) is 5.92 Å². The number of nitrogens with one attached hydrogen (secondary N) is 1. The first kappa shape index (κ1) is 22.4. The van der Waals surface area contributed by atoms with E-state index in [9.17, 15) is 4.79 Å². The quantitative estimate of drug-likeness (QED) is 0.467. The summed E-state index contributed by atoms with van der Waals surface area (Å²) in [7, 11) is 4.73. The van der Waals surface area contributed by atoms with E-state index in [-0.39, 0.29) is 17.9 Å². The Labute approximate surface area is 195 Å². The Morgan fingerprint density at radius 3 is 2.62 bits per heavy atom. The second kappa shape index (κ2) is 9.77. The number of methoxy groups -OCH3 is 3. The number of carbonyl (C=O) groups excluding carboxylic acids is 1. The number of pyridine rings is 1. The van der Waals surface area contributed by atoms with Gasteiger partial charge in [-0.1, -0.05) is 0 Å². The van der Waals surface area contributed by atoms with Crippen molar-refractivity contribution in [3.05, 3.63) is 40.6 Å². The predicted molar refractivity (Wildman–Crippen MR) is 125 cm³/mol. The van der Waals surface area contributed by atoms with Crippen molar-refractivity contribution >= 4 is 38.6 Å². The Morgan fingerprint density at radius 1 is 1.16 bits per heavy atom. The summed E-state index contributed by atoms with van der Waals surface area (Å²) in [5.41, 5.74) is 2.01. The number of ether oxygens (including phenoxy) is 3. The summed E-state index contributed by atoms with van der Waals surface area (Å²) in [6, 6.07) is 7.97. The molecular formula is C23H27BrN4O4. The fraction of sp³-hybridized carbons (Fsp3) is 0.435. The summed E-state index contributed by atoms with van der Waals surface area (Å²) >= 11 is 3.63. The highest BCUT2D eigenvalue weighted by molar-refractivity contribution is 9.10. The van der Waals surface area contributed by atoms with Crippen LogP contribution >= 0.6 is 15.9 Å². The fourth-order valence-corrected chi connectivity index (χ4v) is 4.92.